The maximum absolute atomic E-state index is 11.3. The van der Waals surface area contributed by atoms with Crippen LogP contribution in [-0.4, -0.2) is 18.2 Å². The molecule has 2 N–H and O–H groups in total. The fraction of sp³-hybridized carbons (Fsp3) is 0.100. The molecule has 1 heterocycles. The second kappa shape index (κ2) is 3.73. The monoisotopic (exact) mass is 237 g/mol. The van der Waals surface area contributed by atoms with Crippen molar-refractivity contribution in [2.75, 3.05) is 0 Å². The van der Waals surface area contributed by atoms with E-state index in [0.29, 0.717) is 5.69 Å². The van der Waals surface area contributed by atoms with Gasteiger partial charge in [-0.05, 0) is 30.7 Å². The SMILES string of the molecule is Cc1cccc(-n2nccc2S(N)(=O)=O)c1. The summed E-state index contributed by atoms with van der Waals surface area (Å²) < 4.78 is 23.9. The summed E-state index contributed by atoms with van der Waals surface area (Å²) in [6.45, 7) is 1.92. The van der Waals surface area contributed by atoms with E-state index in [1.54, 1.807) is 6.07 Å². The second-order valence-electron chi connectivity index (χ2n) is 3.47. The zero-order chi connectivity index (χ0) is 11.8. The number of hydrogen-bond donors (Lipinski definition) is 1. The number of primary sulfonamides is 1. The van der Waals surface area contributed by atoms with Gasteiger partial charge >= 0.3 is 0 Å². The van der Waals surface area contributed by atoms with Crippen LogP contribution in [0.5, 0.6) is 0 Å². The fourth-order valence-electron chi connectivity index (χ4n) is 1.46. The van der Waals surface area contributed by atoms with Crippen LogP contribution in [-0.2, 0) is 10.0 Å². The Kier molecular flexibility index (Phi) is 2.53. The molecule has 5 nitrogen and oxygen atoms in total. The molecule has 0 saturated carbocycles. The number of hydrogen-bond acceptors (Lipinski definition) is 3. The van der Waals surface area contributed by atoms with Gasteiger partial charge in [-0.15, -0.1) is 0 Å². The van der Waals surface area contributed by atoms with Crippen molar-refractivity contribution in [2.45, 2.75) is 11.9 Å². The third-order valence-corrected chi connectivity index (χ3v) is 3.04. The highest BCUT2D eigenvalue weighted by atomic mass is 32.2. The van der Waals surface area contributed by atoms with Gasteiger partial charge < -0.3 is 0 Å². The predicted molar refractivity (Wildman–Crippen MR) is 59.7 cm³/mol. The van der Waals surface area contributed by atoms with Gasteiger partial charge in [0, 0.05) is 0 Å². The van der Waals surface area contributed by atoms with E-state index in [2.05, 4.69) is 5.10 Å². The van der Waals surface area contributed by atoms with Gasteiger partial charge in [-0.2, -0.15) is 5.10 Å². The molecule has 0 aliphatic rings. The Morgan fingerprint density at radius 2 is 2.06 bits per heavy atom. The van der Waals surface area contributed by atoms with Crippen molar-refractivity contribution in [3.63, 3.8) is 0 Å². The average Bonchev–Trinajstić information content (AvgIpc) is 2.65. The molecule has 0 aliphatic heterocycles. The van der Waals surface area contributed by atoms with Crippen molar-refractivity contribution in [2.24, 2.45) is 5.14 Å². The van der Waals surface area contributed by atoms with E-state index in [1.807, 2.05) is 25.1 Å². The van der Waals surface area contributed by atoms with Gasteiger partial charge in [-0.25, -0.2) is 18.2 Å². The molecule has 0 bridgehead atoms. The molecule has 6 heteroatoms. The van der Waals surface area contributed by atoms with E-state index < -0.39 is 10.0 Å². The number of rotatable bonds is 2. The van der Waals surface area contributed by atoms with Gasteiger partial charge in [0.2, 0.25) is 0 Å². The summed E-state index contributed by atoms with van der Waals surface area (Å²) in [4.78, 5) is 0. The van der Waals surface area contributed by atoms with Crippen LogP contribution in [0.3, 0.4) is 0 Å². The highest BCUT2D eigenvalue weighted by Gasteiger charge is 2.15. The topological polar surface area (TPSA) is 78.0 Å². The Balaban J connectivity index is 2.62. The van der Waals surface area contributed by atoms with Crippen LogP contribution in [0.1, 0.15) is 5.56 Å². The third kappa shape index (κ3) is 1.98. The van der Waals surface area contributed by atoms with Gasteiger partial charge in [0.25, 0.3) is 10.0 Å². The lowest BCUT2D eigenvalue weighted by atomic mass is 10.2. The lowest BCUT2D eigenvalue weighted by Crippen LogP contribution is -2.17. The highest BCUT2D eigenvalue weighted by Crippen LogP contribution is 2.14. The van der Waals surface area contributed by atoms with Gasteiger partial charge in [-0.1, -0.05) is 12.1 Å². The third-order valence-electron chi connectivity index (χ3n) is 2.15. The zero-order valence-corrected chi connectivity index (χ0v) is 9.48. The maximum atomic E-state index is 11.3. The summed E-state index contributed by atoms with van der Waals surface area (Å²) in [5.74, 6) is 0. The predicted octanol–water partition coefficient (Wildman–Crippen LogP) is 0.828. The normalized spacial score (nSPS) is 11.6. The maximum Gasteiger partial charge on any atom is 0.255 e. The first-order chi connectivity index (χ1) is 7.48. The van der Waals surface area contributed by atoms with Gasteiger partial charge in [-0.3, -0.25) is 0 Å². The molecule has 84 valence electrons. The molecule has 2 rings (SSSR count). The minimum absolute atomic E-state index is 0.0156. The van der Waals surface area contributed by atoms with Crippen LogP contribution < -0.4 is 5.14 Å². The summed E-state index contributed by atoms with van der Waals surface area (Å²) in [7, 11) is -3.75. The minimum atomic E-state index is -3.75. The van der Waals surface area contributed by atoms with Gasteiger partial charge in [0.05, 0.1) is 11.9 Å². The van der Waals surface area contributed by atoms with Crippen LogP contribution in [0.25, 0.3) is 5.69 Å². The molecule has 1 aromatic heterocycles. The number of aromatic nitrogens is 2. The van der Waals surface area contributed by atoms with Crippen LogP contribution in [0.4, 0.5) is 0 Å². The van der Waals surface area contributed by atoms with Crippen molar-refractivity contribution >= 4 is 10.0 Å². The molecule has 0 saturated heterocycles. The molecule has 0 fully saturated rings. The van der Waals surface area contributed by atoms with Crippen LogP contribution in [0.2, 0.25) is 0 Å². The summed E-state index contributed by atoms with van der Waals surface area (Å²) >= 11 is 0. The molecular weight excluding hydrogens is 226 g/mol. The largest absolute Gasteiger partial charge is 0.255 e. The molecule has 0 unspecified atom stereocenters. The molecular formula is C10H11N3O2S. The molecule has 2 aromatic rings. The Morgan fingerprint density at radius 1 is 1.31 bits per heavy atom. The van der Waals surface area contributed by atoms with Gasteiger partial charge in [0.15, 0.2) is 5.03 Å². The van der Waals surface area contributed by atoms with E-state index in [9.17, 15) is 8.42 Å². The van der Waals surface area contributed by atoms with Crippen molar-refractivity contribution in [3.8, 4) is 5.69 Å². The average molecular weight is 237 g/mol. The van der Waals surface area contributed by atoms with E-state index in [-0.39, 0.29) is 5.03 Å². The van der Waals surface area contributed by atoms with Crippen molar-refractivity contribution in [1.29, 1.82) is 0 Å². The Labute approximate surface area is 93.6 Å². The number of aryl methyl sites for hydroxylation is 1. The molecule has 0 atom stereocenters. The second-order valence-corrected chi connectivity index (χ2v) is 4.97. The molecule has 1 aromatic carbocycles. The molecule has 0 radical (unpaired) electrons. The van der Waals surface area contributed by atoms with Crippen LogP contribution in [0.15, 0.2) is 41.6 Å². The summed E-state index contributed by atoms with van der Waals surface area (Å²) in [6.07, 6.45) is 1.40. The first kappa shape index (κ1) is 10.8. The highest BCUT2D eigenvalue weighted by molar-refractivity contribution is 7.89. The van der Waals surface area contributed by atoms with Crippen LogP contribution >= 0.6 is 0 Å². The summed E-state index contributed by atoms with van der Waals surface area (Å²) in [6, 6.07) is 8.73. The quantitative estimate of drug-likeness (QED) is 0.840. The smallest absolute Gasteiger partial charge is 0.223 e. The Hall–Kier alpha value is -1.66. The first-order valence-electron chi connectivity index (χ1n) is 4.62. The molecule has 16 heavy (non-hydrogen) atoms. The number of sulfonamides is 1. The molecule has 0 aliphatic carbocycles. The summed E-state index contributed by atoms with van der Waals surface area (Å²) in [5, 5.41) is 9.02. The van der Waals surface area contributed by atoms with Crippen LogP contribution in [0, 0.1) is 6.92 Å². The molecule has 0 amide bonds. The van der Waals surface area contributed by atoms with Crippen molar-refractivity contribution in [3.05, 3.63) is 42.1 Å². The standard InChI is InChI=1S/C10H11N3O2S/c1-8-3-2-4-9(7-8)13-10(5-6-12-13)16(11,14)15/h2-7H,1H3,(H2,11,14,15). The van der Waals surface area contributed by atoms with Crippen molar-refractivity contribution < 1.29 is 8.42 Å². The number of nitrogens with zero attached hydrogens (tertiary/aromatic N) is 2. The Morgan fingerprint density at radius 3 is 2.69 bits per heavy atom. The zero-order valence-electron chi connectivity index (χ0n) is 8.66. The first-order valence-corrected chi connectivity index (χ1v) is 6.17. The van der Waals surface area contributed by atoms with Crippen molar-refractivity contribution in [1.82, 2.24) is 9.78 Å². The lowest BCUT2D eigenvalue weighted by Gasteiger charge is -2.06. The number of nitrogens with two attached hydrogens (primary N) is 1. The van der Waals surface area contributed by atoms with E-state index in [1.165, 1.54) is 16.9 Å². The van der Waals surface area contributed by atoms with E-state index in [0.717, 1.165) is 5.56 Å². The van der Waals surface area contributed by atoms with E-state index in [4.69, 9.17) is 5.14 Å². The molecule has 0 spiro atoms. The minimum Gasteiger partial charge on any atom is -0.223 e. The summed E-state index contributed by atoms with van der Waals surface area (Å²) in [5.41, 5.74) is 1.70. The Bertz CT molecular complexity index is 616. The lowest BCUT2D eigenvalue weighted by molar-refractivity contribution is 0.587. The number of benzene rings is 1. The van der Waals surface area contributed by atoms with Gasteiger partial charge in [0.1, 0.15) is 0 Å². The fourth-order valence-corrected chi connectivity index (χ4v) is 2.10. The van der Waals surface area contributed by atoms with E-state index >= 15 is 0 Å².